The van der Waals surface area contributed by atoms with Gasteiger partial charge in [0.25, 0.3) is 0 Å². The number of nitrogens with one attached hydrogen (secondary N) is 1. The maximum Gasteiger partial charge on any atom is 0.223 e. The normalized spacial score (nSPS) is 13.8. The van der Waals surface area contributed by atoms with Gasteiger partial charge in [-0.25, -0.2) is 9.97 Å². The molecule has 0 fully saturated rings. The summed E-state index contributed by atoms with van der Waals surface area (Å²) in [5, 5.41) is 7.66. The summed E-state index contributed by atoms with van der Waals surface area (Å²) >= 11 is 0. The van der Waals surface area contributed by atoms with E-state index in [0.29, 0.717) is 17.7 Å². The number of nitrogens with zero attached hydrogens (tertiary/aromatic N) is 4. The number of hydrogen-bond acceptors (Lipinski definition) is 5. The molecule has 0 radical (unpaired) electrons. The molecule has 0 atom stereocenters. The van der Waals surface area contributed by atoms with Crippen molar-refractivity contribution in [2.75, 3.05) is 12.4 Å². The van der Waals surface area contributed by atoms with Crippen LogP contribution in [0.1, 0.15) is 11.1 Å². The van der Waals surface area contributed by atoms with Gasteiger partial charge in [0.05, 0.1) is 19.0 Å². The average molecular weight is 321 g/mol. The SMILES string of the molecule is COc1cnc(NC2Cc3ccccc3C2)nc1-c1ccnn1C. The van der Waals surface area contributed by atoms with Crippen LogP contribution in [0.25, 0.3) is 11.4 Å². The summed E-state index contributed by atoms with van der Waals surface area (Å²) in [6, 6.07) is 10.8. The van der Waals surface area contributed by atoms with Crippen molar-refractivity contribution in [1.82, 2.24) is 19.7 Å². The highest BCUT2D eigenvalue weighted by Gasteiger charge is 2.22. The van der Waals surface area contributed by atoms with Gasteiger partial charge in [-0.2, -0.15) is 5.10 Å². The zero-order chi connectivity index (χ0) is 16.5. The standard InChI is InChI=1S/C18H19N5O/c1-23-15(7-8-20-23)17-16(24-2)11-19-18(22-17)21-14-9-12-5-3-4-6-13(12)10-14/h3-8,11,14H,9-10H2,1-2H3,(H,19,21,22). The van der Waals surface area contributed by atoms with E-state index in [4.69, 9.17) is 4.74 Å². The second kappa shape index (κ2) is 5.96. The fourth-order valence-corrected chi connectivity index (χ4v) is 3.22. The zero-order valence-corrected chi connectivity index (χ0v) is 13.7. The molecule has 1 N–H and O–H groups in total. The second-order valence-corrected chi connectivity index (χ2v) is 5.97. The highest BCUT2D eigenvalue weighted by Crippen LogP contribution is 2.29. The Morgan fingerprint density at radius 3 is 2.54 bits per heavy atom. The number of methoxy groups -OCH3 is 1. The fraction of sp³-hybridized carbons (Fsp3) is 0.278. The van der Waals surface area contributed by atoms with Gasteiger partial charge < -0.3 is 10.1 Å². The molecule has 0 saturated carbocycles. The van der Waals surface area contributed by atoms with Gasteiger partial charge in [0.1, 0.15) is 5.69 Å². The van der Waals surface area contributed by atoms with Gasteiger partial charge >= 0.3 is 0 Å². The molecule has 1 aliphatic carbocycles. The number of fused-ring (bicyclic) bond motifs is 1. The van der Waals surface area contributed by atoms with Gasteiger partial charge in [0.15, 0.2) is 5.75 Å². The number of aromatic nitrogens is 4. The lowest BCUT2D eigenvalue weighted by Gasteiger charge is -2.14. The number of anilines is 1. The van der Waals surface area contributed by atoms with E-state index in [0.717, 1.165) is 24.2 Å². The lowest BCUT2D eigenvalue weighted by molar-refractivity contribution is 0.412. The van der Waals surface area contributed by atoms with Crippen LogP contribution in [0.2, 0.25) is 0 Å². The minimum absolute atomic E-state index is 0.315. The van der Waals surface area contributed by atoms with Gasteiger partial charge in [0.2, 0.25) is 5.95 Å². The molecule has 0 amide bonds. The van der Waals surface area contributed by atoms with E-state index >= 15 is 0 Å². The van der Waals surface area contributed by atoms with Crippen molar-refractivity contribution in [1.29, 1.82) is 0 Å². The summed E-state index contributed by atoms with van der Waals surface area (Å²) in [6.07, 6.45) is 5.44. The van der Waals surface area contributed by atoms with Crippen LogP contribution in [0, 0.1) is 0 Å². The minimum atomic E-state index is 0.315. The Hall–Kier alpha value is -2.89. The maximum atomic E-state index is 5.41. The Kier molecular flexibility index (Phi) is 3.65. The summed E-state index contributed by atoms with van der Waals surface area (Å²) in [5.41, 5.74) is 4.43. The molecule has 1 aromatic carbocycles. The molecule has 0 bridgehead atoms. The van der Waals surface area contributed by atoms with E-state index in [1.54, 1.807) is 24.2 Å². The fourth-order valence-electron chi connectivity index (χ4n) is 3.22. The molecule has 4 rings (SSSR count). The molecule has 6 heteroatoms. The predicted molar refractivity (Wildman–Crippen MR) is 92.0 cm³/mol. The van der Waals surface area contributed by atoms with E-state index in [9.17, 15) is 0 Å². The highest BCUT2D eigenvalue weighted by molar-refractivity contribution is 5.63. The van der Waals surface area contributed by atoms with Gasteiger partial charge in [-0.1, -0.05) is 24.3 Å². The largest absolute Gasteiger partial charge is 0.493 e. The summed E-state index contributed by atoms with van der Waals surface area (Å²) in [6.45, 7) is 0. The molecule has 122 valence electrons. The Morgan fingerprint density at radius 1 is 1.17 bits per heavy atom. The Bertz CT molecular complexity index is 848. The second-order valence-electron chi connectivity index (χ2n) is 5.97. The van der Waals surface area contributed by atoms with Crippen LogP contribution in [0.3, 0.4) is 0 Å². The van der Waals surface area contributed by atoms with Crippen LogP contribution in [0.5, 0.6) is 5.75 Å². The van der Waals surface area contributed by atoms with E-state index < -0.39 is 0 Å². The van der Waals surface area contributed by atoms with Crippen LogP contribution in [-0.2, 0) is 19.9 Å². The molecule has 0 spiro atoms. The van der Waals surface area contributed by atoms with E-state index in [1.807, 2.05) is 13.1 Å². The van der Waals surface area contributed by atoms with Crippen LogP contribution < -0.4 is 10.1 Å². The third kappa shape index (κ3) is 2.60. The first-order valence-corrected chi connectivity index (χ1v) is 7.97. The third-order valence-corrected chi connectivity index (χ3v) is 4.42. The first kappa shape index (κ1) is 14.7. The number of rotatable bonds is 4. The van der Waals surface area contributed by atoms with E-state index in [1.165, 1.54) is 11.1 Å². The average Bonchev–Trinajstić information content (AvgIpc) is 3.20. The van der Waals surface area contributed by atoms with E-state index in [-0.39, 0.29) is 0 Å². The Balaban J connectivity index is 1.60. The van der Waals surface area contributed by atoms with Crippen molar-refractivity contribution < 1.29 is 4.74 Å². The first-order valence-electron chi connectivity index (χ1n) is 7.97. The van der Waals surface area contributed by atoms with Crippen molar-refractivity contribution in [3.63, 3.8) is 0 Å². The quantitative estimate of drug-likeness (QED) is 0.800. The predicted octanol–water partition coefficient (Wildman–Crippen LogP) is 2.47. The highest BCUT2D eigenvalue weighted by atomic mass is 16.5. The van der Waals surface area contributed by atoms with Crippen molar-refractivity contribution >= 4 is 5.95 Å². The molecule has 1 aliphatic rings. The minimum Gasteiger partial charge on any atom is -0.493 e. The number of benzene rings is 1. The number of aryl methyl sites for hydroxylation is 1. The van der Waals surface area contributed by atoms with Crippen LogP contribution in [0.4, 0.5) is 5.95 Å². The molecule has 0 saturated heterocycles. The topological polar surface area (TPSA) is 64.9 Å². The van der Waals surface area contributed by atoms with Crippen molar-refractivity contribution in [3.8, 4) is 17.1 Å². The van der Waals surface area contributed by atoms with Gasteiger partial charge in [-0.15, -0.1) is 0 Å². The molecule has 0 aliphatic heterocycles. The molecule has 2 aromatic heterocycles. The maximum absolute atomic E-state index is 5.41. The Labute approximate surface area is 140 Å². The molecule has 24 heavy (non-hydrogen) atoms. The van der Waals surface area contributed by atoms with Gasteiger partial charge in [-0.05, 0) is 30.0 Å². The zero-order valence-electron chi connectivity index (χ0n) is 13.7. The first-order chi connectivity index (χ1) is 11.7. The summed E-state index contributed by atoms with van der Waals surface area (Å²) in [4.78, 5) is 9.06. The van der Waals surface area contributed by atoms with Crippen molar-refractivity contribution in [3.05, 3.63) is 53.9 Å². The van der Waals surface area contributed by atoms with Gasteiger partial charge in [0, 0.05) is 19.3 Å². The number of hydrogen-bond donors (Lipinski definition) is 1. The smallest absolute Gasteiger partial charge is 0.223 e. The molecule has 0 unspecified atom stereocenters. The molecular weight excluding hydrogens is 302 g/mol. The summed E-state index contributed by atoms with van der Waals surface area (Å²) < 4.78 is 7.18. The number of ether oxygens (including phenoxy) is 1. The monoisotopic (exact) mass is 321 g/mol. The van der Waals surface area contributed by atoms with Crippen LogP contribution in [-0.4, -0.2) is 32.9 Å². The van der Waals surface area contributed by atoms with Crippen LogP contribution >= 0.6 is 0 Å². The van der Waals surface area contributed by atoms with Crippen molar-refractivity contribution in [2.45, 2.75) is 18.9 Å². The Morgan fingerprint density at radius 2 is 1.92 bits per heavy atom. The summed E-state index contributed by atoms with van der Waals surface area (Å²) in [7, 11) is 3.51. The van der Waals surface area contributed by atoms with Crippen LogP contribution in [0.15, 0.2) is 42.7 Å². The lowest BCUT2D eigenvalue weighted by Crippen LogP contribution is -2.21. The van der Waals surface area contributed by atoms with E-state index in [2.05, 4.69) is 44.6 Å². The summed E-state index contributed by atoms with van der Waals surface area (Å²) in [5.74, 6) is 1.25. The molecule has 2 heterocycles. The molecule has 3 aromatic rings. The molecule has 6 nitrogen and oxygen atoms in total. The lowest BCUT2D eigenvalue weighted by atomic mass is 10.1. The third-order valence-electron chi connectivity index (χ3n) is 4.42. The van der Waals surface area contributed by atoms with Crippen molar-refractivity contribution in [2.24, 2.45) is 7.05 Å². The molecular formula is C18H19N5O. The van der Waals surface area contributed by atoms with Gasteiger partial charge in [-0.3, -0.25) is 4.68 Å².